The van der Waals surface area contributed by atoms with Crippen LogP contribution in [0.4, 0.5) is 0 Å². The molecule has 4 N–H and O–H groups in total. The first-order valence-corrected chi connectivity index (χ1v) is 15.2. The van der Waals surface area contributed by atoms with Crippen molar-refractivity contribution in [3.8, 4) is 0 Å². The van der Waals surface area contributed by atoms with Gasteiger partial charge in [0.1, 0.15) is 23.0 Å². The third kappa shape index (κ3) is 19.3. The molecule has 0 saturated carbocycles. The van der Waals surface area contributed by atoms with Gasteiger partial charge in [-0.2, -0.15) is 0 Å². The van der Waals surface area contributed by atoms with Gasteiger partial charge in [0.05, 0.1) is 11.2 Å². The lowest BCUT2D eigenvalue weighted by atomic mass is 10.0. The monoisotopic (exact) mass is 500 g/mol. The largest absolute Gasteiger partial charge is 0.616 e. The predicted molar refractivity (Wildman–Crippen MR) is 113 cm³/mol. The molecular formula is C15H34O10P2S2. The van der Waals surface area contributed by atoms with Gasteiger partial charge in [-0.3, -0.25) is 9.05 Å². The second-order valence-corrected chi connectivity index (χ2v) is 13.7. The van der Waals surface area contributed by atoms with Crippen LogP contribution in [-0.4, -0.2) is 62.9 Å². The Balaban J connectivity index is 3.95. The van der Waals surface area contributed by atoms with E-state index in [2.05, 4.69) is 9.05 Å². The zero-order valence-electron chi connectivity index (χ0n) is 17.3. The second-order valence-electron chi connectivity index (χ2n) is 7.94. The summed E-state index contributed by atoms with van der Waals surface area (Å²) in [6.07, 6.45) is 2.18. The van der Waals surface area contributed by atoms with E-state index in [4.69, 9.17) is 19.6 Å². The van der Waals surface area contributed by atoms with Crippen LogP contribution in [0.25, 0.3) is 0 Å². The lowest BCUT2D eigenvalue weighted by Gasteiger charge is -2.25. The minimum Gasteiger partial charge on any atom is -0.616 e. The van der Waals surface area contributed by atoms with E-state index in [1.807, 2.05) is 0 Å². The van der Waals surface area contributed by atoms with Crippen LogP contribution < -0.4 is 0 Å². The first-order valence-electron chi connectivity index (χ1n) is 9.13. The van der Waals surface area contributed by atoms with Gasteiger partial charge in [0, 0.05) is 6.42 Å². The molecule has 0 saturated heterocycles. The maximum Gasteiger partial charge on any atom is 0.470 e. The third-order valence-electron chi connectivity index (χ3n) is 3.78. The molecule has 29 heavy (non-hydrogen) atoms. The Bertz CT molecular complexity index is 515. The molecule has 0 aromatic rings. The molecule has 0 amide bonds. The van der Waals surface area contributed by atoms with E-state index in [9.17, 15) is 18.2 Å². The Labute approximate surface area is 179 Å². The van der Waals surface area contributed by atoms with Crippen LogP contribution in [0, 0.1) is 0 Å². The van der Waals surface area contributed by atoms with Crippen molar-refractivity contribution >= 4 is 38.0 Å². The molecule has 2 atom stereocenters. The quantitative estimate of drug-likeness (QED) is 0.181. The molecule has 0 heterocycles. The summed E-state index contributed by atoms with van der Waals surface area (Å²) in [6.45, 7) is 6.24. The summed E-state index contributed by atoms with van der Waals surface area (Å²) in [5, 5.41) is 0. The SMILES string of the molecule is CC(C)(CCC[S+]([O-])CCC[S+]([O-])CCCC(C)(C)OP(=O)(O)O)OP(=O)(O)O. The van der Waals surface area contributed by atoms with Crippen molar-refractivity contribution in [3.05, 3.63) is 0 Å². The predicted octanol–water partition coefficient (Wildman–Crippen LogP) is 2.21. The molecule has 0 rings (SSSR count). The molecule has 0 aliphatic heterocycles. The molecule has 14 heteroatoms. The van der Waals surface area contributed by atoms with E-state index in [0.717, 1.165) is 0 Å². The number of hydrogen-bond acceptors (Lipinski definition) is 6. The Morgan fingerprint density at radius 3 is 1.24 bits per heavy atom. The molecule has 0 aliphatic carbocycles. The summed E-state index contributed by atoms with van der Waals surface area (Å²) in [4.78, 5) is 35.4. The Hall–Kier alpha value is 0.840. The summed E-state index contributed by atoms with van der Waals surface area (Å²) < 4.78 is 55.1. The van der Waals surface area contributed by atoms with Gasteiger partial charge in [-0.15, -0.1) is 0 Å². The summed E-state index contributed by atoms with van der Waals surface area (Å²) in [5.74, 6) is 1.51. The van der Waals surface area contributed by atoms with Crippen LogP contribution in [0.2, 0.25) is 0 Å². The van der Waals surface area contributed by atoms with Crippen LogP contribution in [-0.2, 0) is 40.5 Å². The number of rotatable bonds is 16. The maximum atomic E-state index is 12.0. The molecule has 0 aliphatic rings. The van der Waals surface area contributed by atoms with Crippen LogP contribution in [0.3, 0.4) is 0 Å². The highest BCUT2D eigenvalue weighted by atomic mass is 32.2. The molecular weight excluding hydrogens is 466 g/mol. The van der Waals surface area contributed by atoms with Crippen LogP contribution in [0.1, 0.15) is 59.8 Å². The topological polar surface area (TPSA) is 180 Å². The van der Waals surface area contributed by atoms with Crippen molar-refractivity contribution in [3.63, 3.8) is 0 Å². The van der Waals surface area contributed by atoms with Gasteiger partial charge in [0.15, 0.2) is 0 Å². The highest BCUT2D eigenvalue weighted by Crippen LogP contribution is 2.43. The molecule has 176 valence electrons. The maximum absolute atomic E-state index is 12.0. The summed E-state index contributed by atoms with van der Waals surface area (Å²) in [5.41, 5.74) is -2.02. The molecule has 0 aromatic carbocycles. The first-order chi connectivity index (χ1) is 12.9. The van der Waals surface area contributed by atoms with Gasteiger partial charge in [-0.05, 0) is 53.4 Å². The lowest BCUT2D eigenvalue weighted by molar-refractivity contribution is 0.0561. The Kier molecular flexibility index (Phi) is 13.1. The fraction of sp³-hybridized carbons (Fsp3) is 1.00. The van der Waals surface area contributed by atoms with E-state index < -0.39 is 49.2 Å². The van der Waals surface area contributed by atoms with Crippen LogP contribution in [0.15, 0.2) is 0 Å². The van der Waals surface area contributed by atoms with Crippen molar-refractivity contribution in [1.82, 2.24) is 0 Å². The van der Waals surface area contributed by atoms with Gasteiger partial charge in [-0.25, -0.2) is 9.13 Å². The fourth-order valence-electron chi connectivity index (χ4n) is 2.64. The van der Waals surface area contributed by atoms with Gasteiger partial charge in [0.25, 0.3) is 0 Å². The first kappa shape index (κ1) is 29.8. The minimum atomic E-state index is -4.57. The summed E-state index contributed by atoms with van der Waals surface area (Å²) >= 11 is -2.23. The molecule has 10 nitrogen and oxygen atoms in total. The molecule has 0 bridgehead atoms. The minimum absolute atomic E-state index is 0.349. The molecule has 0 spiro atoms. The van der Waals surface area contributed by atoms with Crippen molar-refractivity contribution in [2.75, 3.05) is 23.0 Å². The van der Waals surface area contributed by atoms with Gasteiger partial charge >= 0.3 is 15.6 Å². The van der Waals surface area contributed by atoms with Crippen molar-refractivity contribution in [1.29, 1.82) is 0 Å². The standard InChI is InChI=1S/C15H34O10P2S2/c1-14(2,24-26(16,17)18)8-5-10-28(22)12-7-13-29(23)11-6-9-15(3,4)25-27(19,20)21/h5-13H2,1-4H3,(H2,16,17,18)(H2,19,20,21). The van der Waals surface area contributed by atoms with E-state index >= 15 is 0 Å². The van der Waals surface area contributed by atoms with E-state index in [0.29, 0.717) is 55.1 Å². The van der Waals surface area contributed by atoms with Gasteiger partial charge in [-0.1, -0.05) is 22.4 Å². The van der Waals surface area contributed by atoms with Crippen molar-refractivity contribution in [2.45, 2.75) is 71.0 Å². The van der Waals surface area contributed by atoms with Gasteiger partial charge in [0.2, 0.25) is 0 Å². The average molecular weight is 501 g/mol. The number of hydrogen-bond donors (Lipinski definition) is 4. The van der Waals surface area contributed by atoms with Crippen molar-refractivity contribution < 1.29 is 46.9 Å². The fourth-order valence-corrected chi connectivity index (χ4v) is 6.56. The van der Waals surface area contributed by atoms with Crippen LogP contribution >= 0.6 is 15.6 Å². The Morgan fingerprint density at radius 1 is 0.690 bits per heavy atom. The summed E-state index contributed by atoms with van der Waals surface area (Å²) in [6, 6.07) is 0. The zero-order chi connectivity index (χ0) is 22.9. The van der Waals surface area contributed by atoms with E-state index in [1.54, 1.807) is 27.7 Å². The highest BCUT2D eigenvalue weighted by molar-refractivity contribution is 7.92. The lowest BCUT2D eigenvalue weighted by Crippen LogP contribution is -2.25. The molecule has 0 radical (unpaired) electrons. The second kappa shape index (κ2) is 12.8. The normalized spacial score (nSPS) is 16.1. The highest BCUT2D eigenvalue weighted by Gasteiger charge is 2.30. The average Bonchev–Trinajstić information content (AvgIpc) is 2.41. The van der Waals surface area contributed by atoms with E-state index in [-0.39, 0.29) is 0 Å². The number of phosphoric ester groups is 2. The summed E-state index contributed by atoms with van der Waals surface area (Å²) in [7, 11) is -9.13. The molecule has 0 aromatic heterocycles. The smallest absolute Gasteiger partial charge is 0.470 e. The number of phosphoric acid groups is 2. The van der Waals surface area contributed by atoms with Crippen LogP contribution in [0.5, 0.6) is 0 Å². The van der Waals surface area contributed by atoms with Gasteiger partial charge < -0.3 is 28.7 Å². The Morgan fingerprint density at radius 2 is 0.966 bits per heavy atom. The molecule has 2 unspecified atom stereocenters. The molecule has 0 fully saturated rings. The third-order valence-corrected chi connectivity index (χ3v) is 8.22. The van der Waals surface area contributed by atoms with E-state index in [1.165, 1.54) is 0 Å². The van der Waals surface area contributed by atoms with Crippen molar-refractivity contribution in [2.24, 2.45) is 0 Å². The zero-order valence-corrected chi connectivity index (χ0v) is 20.7.